The molecule has 0 saturated heterocycles. The molecule has 13 heteroatoms. The van der Waals surface area contributed by atoms with Crippen molar-refractivity contribution in [2.45, 2.75) is 0 Å². The van der Waals surface area contributed by atoms with Crippen LogP contribution in [0.1, 0.15) is 15.9 Å². The van der Waals surface area contributed by atoms with Crippen molar-refractivity contribution in [1.82, 2.24) is 5.43 Å². The Morgan fingerprint density at radius 3 is 2.15 bits per heavy atom. The number of benzene rings is 3. The van der Waals surface area contributed by atoms with Gasteiger partial charge in [-0.1, -0.05) is 6.07 Å². The summed E-state index contributed by atoms with van der Waals surface area (Å²) in [6.45, 7) is 0. The van der Waals surface area contributed by atoms with Gasteiger partial charge in [0.15, 0.2) is 0 Å². The summed E-state index contributed by atoms with van der Waals surface area (Å²) >= 11 is 0. The Bertz CT molecular complexity index is 1270. The average molecular weight is 451 g/mol. The Balaban J connectivity index is 1.66. The molecule has 33 heavy (non-hydrogen) atoms. The first-order valence-electron chi connectivity index (χ1n) is 9.03. The summed E-state index contributed by atoms with van der Waals surface area (Å²) in [5, 5.41) is 36.6. The summed E-state index contributed by atoms with van der Waals surface area (Å²) in [4.78, 5) is 42.7. The van der Waals surface area contributed by atoms with Crippen molar-refractivity contribution >= 4 is 29.2 Å². The molecule has 13 nitrogen and oxygen atoms in total. The van der Waals surface area contributed by atoms with E-state index in [2.05, 4.69) is 10.5 Å². The van der Waals surface area contributed by atoms with E-state index in [1.54, 1.807) is 12.1 Å². The zero-order chi connectivity index (χ0) is 24.0. The summed E-state index contributed by atoms with van der Waals surface area (Å²) in [5.41, 5.74) is 1.63. The lowest BCUT2D eigenvalue weighted by Gasteiger charge is -2.06. The molecule has 0 spiro atoms. The number of hydrazone groups is 1. The Hall–Kier alpha value is -5.20. The maximum absolute atomic E-state index is 12.1. The first kappa shape index (κ1) is 22.5. The number of hydrogen-bond acceptors (Lipinski definition) is 9. The van der Waals surface area contributed by atoms with E-state index in [1.807, 2.05) is 0 Å². The molecular formula is C20H13N5O8. The van der Waals surface area contributed by atoms with Crippen molar-refractivity contribution in [2.24, 2.45) is 5.10 Å². The van der Waals surface area contributed by atoms with E-state index in [-0.39, 0.29) is 22.7 Å². The third kappa shape index (κ3) is 5.69. The van der Waals surface area contributed by atoms with E-state index in [1.165, 1.54) is 36.5 Å². The smallest absolute Gasteiger partial charge is 0.318 e. The Labute approximate surface area is 184 Å². The van der Waals surface area contributed by atoms with Gasteiger partial charge in [-0.2, -0.15) is 5.10 Å². The molecule has 0 unspecified atom stereocenters. The molecule has 0 aliphatic rings. The maximum atomic E-state index is 12.1. The molecule has 0 aliphatic heterocycles. The van der Waals surface area contributed by atoms with Gasteiger partial charge in [0.1, 0.15) is 5.75 Å². The molecular weight excluding hydrogens is 438 g/mol. The van der Waals surface area contributed by atoms with Crippen molar-refractivity contribution in [1.29, 1.82) is 0 Å². The van der Waals surface area contributed by atoms with Gasteiger partial charge in [-0.25, -0.2) is 5.43 Å². The lowest BCUT2D eigenvalue weighted by Crippen LogP contribution is -2.17. The SMILES string of the molecule is O=C(N/N=C\c1ccc(Oc2ccc([N+](=O)[O-])cc2[N+](=O)[O-])cc1)c1cccc([N+](=O)[O-])c1. The Morgan fingerprint density at radius 2 is 1.52 bits per heavy atom. The summed E-state index contributed by atoms with van der Waals surface area (Å²) in [7, 11) is 0. The van der Waals surface area contributed by atoms with Crippen LogP contribution < -0.4 is 10.2 Å². The molecule has 0 heterocycles. The minimum Gasteiger partial charge on any atom is -0.450 e. The highest BCUT2D eigenvalue weighted by molar-refractivity contribution is 5.95. The van der Waals surface area contributed by atoms with Gasteiger partial charge in [0.2, 0.25) is 5.75 Å². The van der Waals surface area contributed by atoms with E-state index in [0.717, 1.165) is 24.3 Å². The predicted molar refractivity (Wildman–Crippen MR) is 114 cm³/mol. The number of nitrogens with one attached hydrogen (secondary N) is 1. The predicted octanol–water partition coefficient (Wildman–Crippen LogP) is 3.97. The number of ether oxygens (including phenoxy) is 1. The fourth-order valence-electron chi connectivity index (χ4n) is 2.59. The van der Waals surface area contributed by atoms with Gasteiger partial charge < -0.3 is 4.74 Å². The molecule has 3 aromatic rings. The van der Waals surface area contributed by atoms with Crippen LogP contribution in [0.25, 0.3) is 0 Å². The zero-order valence-electron chi connectivity index (χ0n) is 16.5. The normalized spacial score (nSPS) is 10.5. The highest BCUT2D eigenvalue weighted by atomic mass is 16.6. The fourth-order valence-corrected chi connectivity index (χ4v) is 2.59. The molecule has 0 atom stereocenters. The summed E-state index contributed by atoms with van der Waals surface area (Å²) in [6, 6.07) is 14.3. The zero-order valence-corrected chi connectivity index (χ0v) is 16.5. The van der Waals surface area contributed by atoms with E-state index in [9.17, 15) is 35.1 Å². The number of amides is 1. The number of carbonyl (C=O) groups excluding carboxylic acids is 1. The molecule has 1 N–H and O–H groups in total. The van der Waals surface area contributed by atoms with Gasteiger partial charge in [0, 0.05) is 23.8 Å². The third-order valence-electron chi connectivity index (χ3n) is 4.16. The van der Waals surface area contributed by atoms with Crippen LogP contribution in [0.5, 0.6) is 11.5 Å². The molecule has 3 rings (SSSR count). The van der Waals surface area contributed by atoms with E-state index in [0.29, 0.717) is 5.56 Å². The highest BCUT2D eigenvalue weighted by Crippen LogP contribution is 2.34. The molecule has 0 aromatic heterocycles. The summed E-state index contributed by atoms with van der Waals surface area (Å²) in [5.74, 6) is -0.582. The maximum Gasteiger partial charge on any atom is 0.318 e. The van der Waals surface area contributed by atoms with Crippen LogP contribution in [0.3, 0.4) is 0 Å². The number of nitrogens with zero attached hydrogens (tertiary/aromatic N) is 4. The first-order valence-corrected chi connectivity index (χ1v) is 9.03. The van der Waals surface area contributed by atoms with Crippen LogP contribution in [0, 0.1) is 30.3 Å². The minimum atomic E-state index is -0.784. The molecule has 0 saturated carbocycles. The number of hydrogen-bond donors (Lipinski definition) is 1. The van der Waals surface area contributed by atoms with Crippen LogP contribution in [0.4, 0.5) is 17.1 Å². The number of non-ortho nitro benzene ring substituents is 2. The van der Waals surface area contributed by atoms with Crippen molar-refractivity contribution in [3.63, 3.8) is 0 Å². The largest absolute Gasteiger partial charge is 0.450 e. The number of nitro benzene ring substituents is 3. The van der Waals surface area contributed by atoms with Crippen LogP contribution in [-0.2, 0) is 0 Å². The first-order chi connectivity index (χ1) is 15.7. The average Bonchev–Trinajstić information content (AvgIpc) is 2.80. The van der Waals surface area contributed by atoms with Gasteiger partial charge in [0.25, 0.3) is 17.3 Å². The van der Waals surface area contributed by atoms with E-state index in [4.69, 9.17) is 4.74 Å². The number of rotatable bonds is 8. The third-order valence-corrected chi connectivity index (χ3v) is 4.16. The summed E-state index contributed by atoms with van der Waals surface area (Å²) < 4.78 is 5.46. The second-order valence-corrected chi connectivity index (χ2v) is 6.34. The topological polar surface area (TPSA) is 180 Å². The van der Waals surface area contributed by atoms with Crippen molar-refractivity contribution in [3.8, 4) is 11.5 Å². The Morgan fingerprint density at radius 1 is 0.848 bits per heavy atom. The van der Waals surface area contributed by atoms with Crippen molar-refractivity contribution < 1.29 is 24.3 Å². The van der Waals surface area contributed by atoms with Gasteiger partial charge in [-0.3, -0.25) is 35.1 Å². The van der Waals surface area contributed by atoms with Gasteiger partial charge in [-0.15, -0.1) is 0 Å². The molecule has 0 fully saturated rings. The quantitative estimate of drug-likeness (QED) is 0.303. The van der Waals surface area contributed by atoms with E-state index < -0.39 is 32.1 Å². The molecule has 166 valence electrons. The lowest BCUT2D eigenvalue weighted by atomic mass is 10.2. The van der Waals surface area contributed by atoms with Crippen molar-refractivity contribution in [3.05, 3.63) is 108 Å². The number of carbonyl (C=O) groups is 1. The van der Waals surface area contributed by atoms with Crippen LogP contribution in [-0.4, -0.2) is 26.9 Å². The molecule has 0 radical (unpaired) electrons. The molecule has 3 aromatic carbocycles. The molecule has 1 amide bonds. The summed E-state index contributed by atoms with van der Waals surface area (Å²) in [6.07, 6.45) is 1.31. The Kier molecular flexibility index (Phi) is 6.64. The van der Waals surface area contributed by atoms with Gasteiger partial charge >= 0.3 is 5.69 Å². The van der Waals surface area contributed by atoms with Crippen LogP contribution in [0.2, 0.25) is 0 Å². The number of nitro groups is 3. The second kappa shape index (κ2) is 9.74. The highest BCUT2D eigenvalue weighted by Gasteiger charge is 2.21. The van der Waals surface area contributed by atoms with Crippen molar-refractivity contribution in [2.75, 3.05) is 0 Å². The minimum absolute atomic E-state index is 0.0646. The standard InChI is InChI=1S/C20H13N5O8/c26-20(14-2-1-3-15(10-14)23(27)28)22-21-12-13-4-7-17(8-5-13)33-19-9-6-16(24(29)30)11-18(19)25(31)32/h1-12H,(H,22,26)/b21-12-. The lowest BCUT2D eigenvalue weighted by molar-refractivity contribution is -0.394. The van der Waals surface area contributed by atoms with Gasteiger partial charge in [0.05, 0.1) is 27.1 Å². The van der Waals surface area contributed by atoms with Crippen LogP contribution >= 0.6 is 0 Å². The van der Waals surface area contributed by atoms with E-state index >= 15 is 0 Å². The molecule has 0 aliphatic carbocycles. The fraction of sp³-hybridized carbons (Fsp3) is 0. The monoisotopic (exact) mass is 451 g/mol. The van der Waals surface area contributed by atoms with Crippen LogP contribution in [0.15, 0.2) is 71.8 Å². The van der Waals surface area contributed by atoms with Gasteiger partial charge in [-0.05, 0) is 42.0 Å². The second-order valence-electron chi connectivity index (χ2n) is 6.34. The molecule has 0 bridgehead atoms.